The number of aliphatic carboxylic acids is 1. The third kappa shape index (κ3) is 1.33. The van der Waals surface area contributed by atoms with E-state index in [9.17, 15) is 4.79 Å². The number of aromatic nitrogens is 2. The van der Waals surface area contributed by atoms with Gasteiger partial charge < -0.3 is 9.67 Å². The van der Waals surface area contributed by atoms with Crippen LogP contribution in [-0.2, 0) is 16.3 Å². The molecule has 0 aliphatic carbocycles. The smallest absolute Gasteiger partial charge is 0.326 e. The van der Waals surface area contributed by atoms with E-state index in [2.05, 4.69) is 4.98 Å². The molecule has 0 fully saturated rings. The monoisotopic (exact) mass is 198 g/mol. The van der Waals surface area contributed by atoms with Crippen LogP contribution in [0.15, 0.2) is 6.33 Å². The zero-order chi connectivity index (χ0) is 9.42. The minimum Gasteiger partial charge on any atom is -0.480 e. The average Bonchev–Trinajstić information content (AvgIpc) is 2.61. The predicted octanol–water partition coefficient (Wildman–Crippen LogP) is 1.28. The number of imidazole rings is 1. The molecule has 0 saturated carbocycles. The summed E-state index contributed by atoms with van der Waals surface area (Å²) in [6.45, 7) is 1.67. The van der Waals surface area contributed by atoms with Gasteiger partial charge in [-0.15, -0.1) is 11.8 Å². The highest BCUT2D eigenvalue weighted by atomic mass is 32.2. The maximum atomic E-state index is 10.7. The van der Waals surface area contributed by atoms with E-state index < -0.39 is 12.0 Å². The topological polar surface area (TPSA) is 55.1 Å². The summed E-state index contributed by atoms with van der Waals surface area (Å²) in [4.78, 5) is 14.9. The van der Waals surface area contributed by atoms with Gasteiger partial charge in [0.1, 0.15) is 6.04 Å². The Morgan fingerprint density at radius 1 is 1.77 bits per heavy atom. The number of carboxylic acid groups (broad SMARTS) is 1. The molecular weight excluding hydrogens is 188 g/mol. The molecule has 2 heterocycles. The van der Waals surface area contributed by atoms with E-state index in [-0.39, 0.29) is 0 Å². The minimum absolute atomic E-state index is 0.505. The summed E-state index contributed by atoms with van der Waals surface area (Å²) in [5, 5.41) is 8.83. The van der Waals surface area contributed by atoms with Crippen LogP contribution < -0.4 is 0 Å². The van der Waals surface area contributed by atoms with Crippen LogP contribution in [0.1, 0.15) is 24.4 Å². The Balaban J connectivity index is 2.36. The van der Waals surface area contributed by atoms with Crippen LogP contribution in [0, 0.1) is 0 Å². The first-order valence-corrected chi connectivity index (χ1v) is 5.20. The van der Waals surface area contributed by atoms with Crippen LogP contribution in [-0.4, -0.2) is 20.6 Å². The molecule has 13 heavy (non-hydrogen) atoms. The maximum absolute atomic E-state index is 10.7. The molecule has 4 nitrogen and oxygen atoms in total. The lowest BCUT2D eigenvalue weighted by Gasteiger charge is -2.09. The van der Waals surface area contributed by atoms with Crippen molar-refractivity contribution < 1.29 is 9.90 Å². The van der Waals surface area contributed by atoms with Crippen molar-refractivity contribution in [3.05, 3.63) is 17.7 Å². The summed E-state index contributed by atoms with van der Waals surface area (Å²) in [5.74, 6) is 0.985. The van der Waals surface area contributed by atoms with Crippen LogP contribution in [0.25, 0.3) is 0 Å². The third-order valence-electron chi connectivity index (χ3n) is 2.23. The van der Waals surface area contributed by atoms with Crippen molar-refractivity contribution in [2.24, 2.45) is 0 Å². The molecule has 1 aromatic rings. The molecule has 0 radical (unpaired) electrons. The highest BCUT2D eigenvalue weighted by Gasteiger charge is 2.22. The van der Waals surface area contributed by atoms with Crippen molar-refractivity contribution in [2.75, 3.05) is 0 Å². The number of thioether (sulfide) groups is 1. The molecule has 1 aromatic heterocycles. The molecular formula is C8H10N2O2S. The van der Waals surface area contributed by atoms with E-state index in [0.29, 0.717) is 0 Å². The highest BCUT2D eigenvalue weighted by molar-refractivity contribution is 7.98. The number of carbonyl (C=O) groups is 1. The Bertz CT molecular complexity index is 348. The molecule has 1 N–H and O–H groups in total. The number of hydrogen-bond donors (Lipinski definition) is 1. The maximum Gasteiger partial charge on any atom is 0.326 e. The first kappa shape index (κ1) is 8.62. The summed E-state index contributed by atoms with van der Waals surface area (Å²) < 4.78 is 1.75. The van der Waals surface area contributed by atoms with Gasteiger partial charge in [-0.3, -0.25) is 0 Å². The van der Waals surface area contributed by atoms with Crippen molar-refractivity contribution in [1.82, 2.24) is 9.55 Å². The quantitative estimate of drug-likeness (QED) is 0.777. The van der Waals surface area contributed by atoms with Gasteiger partial charge in [0.05, 0.1) is 17.7 Å². The van der Waals surface area contributed by atoms with Gasteiger partial charge in [0.25, 0.3) is 0 Å². The molecule has 0 bridgehead atoms. The van der Waals surface area contributed by atoms with Crippen LogP contribution in [0.3, 0.4) is 0 Å². The van der Waals surface area contributed by atoms with Crippen LogP contribution in [0.2, 0.25) is 0 Å². The fraction of sp³-hybridized carbons (Fsp3) is 0.500. The van der Waals surface area contributed by atoms with Gasteiger partial charge in [0, 0.05) is 11.5 Å². The van der Waals surface area contributed by atoms with Gasteiger partial charge >= 0.3 is 5.97 Å². The van der Waals surface area contributed by atoms with Gasteiger partial charge in [0.2, 0.25) is 0 Å². The largest absolute Gasteiger partial charge is 0.480 e. The second-order valence-electron chi connectivity index (χ2n) is 3.05. The van der Waals surface area contributed by atoms with Crippen molar-refractivity contribution in [2.45, 2.75) is 24.5 Å². The van der Waals surface area contributed by atoms with Crippen molar-refractivity contribution >= 4 is 17.7 Å². The number of nitrogens with zero attached hydrogens (tertiary/aromatic N) is 2. The summed E-state index contributed by atoms with van der Waals surface area (Å²) in [6.07, 6.45) is 1.63. The van der Waals surface area contributed by atoms with E-state index in [0.717, 1.165) is 22.9 Å². The average molecular weight is 198 g/mol. The predicted molar refractivity (Wildman–Crippen MR) is 49.6 cm³/mol. The SMILES string of the molecule is CC(C(=O)O)n1cnc2c1CSC2. The van der Waals surface area contributed by atoms with Crippen molar-refractivity contribution in [3.8, 4) is 0 Å². The van der Waals surface area contributed by atoms with Gasteiger partial charge in [-0.05, 0) is 6.92 Å². The first-order valence-electron chi connectivity index (χ1n) is 4.05. The Kier molecular flexibility index (Phi) is 2.03. The van der Waals surface area contributed by atoms with Crippen molar-refractivity contribution in [1.29, 1.82) is 0 Å². The van der Waals surface area contributed by atoms with E-state index in [1.165, 1.54) is 0 Å². The molecule has 2 rings (SSSR count). The van der Waals surface area contributed by atoms with Gasteiger partial charge in [-0.1, -0.05) is 0 Å². The number of carboxylic acids is 1. The molecule has 70 valence electrons. The van der Waals surface area contributed by atoms with Gasteiger partial charge in [-0.2, -0.15) is 0 Å². The lowest BCUT2D eigenvalue weighted by atomic mass is 10.3. The number of rotatable bonds is 2. The summed E-state index contributed by atoms with van der Waals surface area (Å²) in [5.41, 5.74) is 2.11. The second-order valence-corrected chi connectivity index (χ2v) is 4.04. The van der Waals surface area contributed by atoms with E-state index in [1.807, 2.05) is 0 Å². The molecule has 1 aliphatic heterocycles. The Morgan fingerprint density at radius 3 is 3.23 bits per heavy atom. The number of hydrogen-bond acceptors (Lipinski definition) is 3. The van der Waals surface area contributed by atoms with E-state index in [4.69, 9.17) is 5.11 Å². The second kappa shape index (κ2) is 3.06. The summed E-state index contributed by atoms with van der Waals surface area (Å²) in [7, 11) is 0. The number of fused-ring (bicyclic) bond motifs is 1. The Morgan fingerprint density at radius 2 is 2.54 bits per heavy atom. The van der Waals surface area contributed by atoms with Crippen LogP contribution >= 0.6 is 11.8 Å². The van der Waals surface area contributed by atoms with E-state index >= 15 is 0 Å². The molecule has 0 spiro atoms. The molecule has 0 aromatic carbocycles. The van der Waals surface area contributed by atoms with Gasteiger partial charge in [-0.25, -0.2) is 9.78 Å². The third-order valence-corrected chi connectivity index (χ3v) is 3.19. The molecule has 1 unspecified atom stereocenters. The van der Waals surface area contributed by atoms with Crippen LogP contribution in [0.5, 0.6) is 0 Å². The highest BCUT2D eigenvalue weighted by Crippen LogP contribution is 2.30. The molecule has 5 heteroatoms. The Labute approximate surface area is 80.0 Å². The lowest BCUT2D eigenvalue weighted by Crippen LogP contribution is -2.16. The summed E-state index contributed by atoms with van der Waals surface area (Å²) in [6, 6.07) is -0.505. The molecule has 1 aliphatic rings. The van der Waals surface area contributed by atoms with Crippen LogP contribution in [0.4, 0.5) is 0 Å². The molecule has 1 atom stereocenters. The first-order chi connectivity index (χ1) is 6.20. The fourth-order valence-electron chi connectivity index (χ4n) is 1.40. The van der Waals surface area contributed by atoms with Gasteiger partial charge in [0.15, 0.2) is 0 Å². The standard InChI is InChI=1S/C8H10N2O2S/c1-5(8(11)12)10-4-9-6-2-13-3-7(6)10/h4-5H,2-3H2,1H3,(H,11,12). The lowest BCUT2D eigenvalue weighted by molar-refractivity contribution is -0.140. The van der Waals surface area contributed by atoms with E-state index in [1.54, 1.807) is 29.6 Å². The minimum atomic E-state index is -0.808. The normalized spacial score (nSPS) is 17.0. The van der Waals surface area contributed by atoms with Crippen molar-refractivity contribution in [3.63, 3.8) is 0 Å². The zero-order valence-corrected chi connectivity index (χ0v) is 8.04. The molecule has 0 saturated heterocycles. The fourth-order valence-corrected chi connectivity index (χ4v) is 2.45. The summed E-state index contributed by atoms with van der Waals surface area (Å²) >= 11 is 1.78. The molecule has 0 amide bonds. The zero-order valence-electron chi connectivity index (χ0n) is 7.23. The Hall–Kier alpha value is -0.970.